The van der Waals surface area contributed by atoms with Crippen LogP contribution in [0.2, 0.25) is 0 Å². The first-order valence-corrected chi connectivity index (χ1v) is 10.7. The third kappa shape index (κ3) is 3.49. The zero-order chi connectivity index (χ0) is 20.7. The van der Waals surface area contributed by atoms with Crippen molar-refractivity contribution < 1.29 is 9.50 Å². The third-order valence-electron chi connectivity index (χ3n) is 6.45. The Labute approximate surface area is 175 Å². The molecule has 1 aromatic heterocycles. The van der Waals surface area contributed by atoms with Crippen LogP contribution in [0.15, 0.2) is 53.0 Å². The molecule has 3 aromatic rings. The van der Waals surface area contributed by atoms with Crippen LogP contribution in [0.5, 0.6) is 5.88 Å². The first-order chi connectivity index (χ1) is 14.6. The van der Waals surface area contributed by atoms with Crippen LogP contribution in [-0.4, -0.2) is 29.4 Å². The standard InChI is InChI=1S/C25H26FN3O/c1-16-12-20(27-14-22-21-13-19(26)6-8-23(21)28-25(22)30)7-9-24(16)29-11-10-17-4-2-3-5-18(17)15-29/h5-9,12-14,17,28,30H,2-4,10-11,15H2,1H3. The van der Waals surface area contributed by atoms with Crippen LogP contribution in [0.4, 0.5) is 15.8 Å². The van der Waals surface area contributed by atoms with E-state index < -0.39 is 0 Å². The zero-order valence-corrected chi connectivity index (χ0v) is 17.2. The Kier molecular flexibility index (Phi) is 4.81. The summed E-state index contributed by atoms with van der Waals surface area (Å²) in [7, 11) is 0. The van der Waals surface area contributed by atoms with Gasteiger partial charge in [0.1, 0.15) is 5.82 Å². The normalized spacial score (nSPS) is 19.3. The van der Waals surface area contributed by atoms with E-state index in [0.717, 1.165) is 24.7 Å². The molecule has 4 nitrogen and oxygen atoms in total. The van der Waals surface area contributed by atoms with Gasteiger partial charge in [-0.2, -0.15) is 0 Å². The Balaban J connectivity index is 1.38. The number of hydrogen-bond acceptors (Lipinski definition) is 3. The van der Waals surface area contributed by atoms with Gasteiger partial charge < -0.3 is 15.0 Å². The van der Waals surface area contributed by atoms with Gasteiger partial charge in [0.2, 0.25) is 0 Å². The highest BCUT2D eigenvalue weighted by Gasteiger charge is 2.26. The maximum Gasteiger partial charge on any atom is 0.198 e. The first kappa shape index (κ1) is 18.9. The fourth-order valence-corrected chi connectivity index (χ4v) is 4.86. The van der Waals surface area contributed by atoms with E-state index >= 15 is 0 Å². The number of rotatable bonds is 3. The van der Waals surface area contributed by atoms with Gasteiger partial charge in [0.05, 0.1) is 11.3 Å². The Morgan fingerprint density at radius 1 is 1.20 bits per heavy atom. The van der Waals surface area contributed by atoms with Crippen LogP contribution in [0, 0.1) is 18.7 Å². The molecule has 30 heavy (non-hydrogen) atoms. The van der Waals surface area contributed by atoms with Gasteiger partial charge in [0.15, 0.2) is 5.88 Å². The Bertz CT molecular complexity index is 1160. The smallest absolute Gasteiger partial charge is 0.198 e. The van der Waals surface area contributed by atoms with E-state index in [2.05, 4.69) is 40.0 Å². The molecule has 2 N–H and O–H groups in total. The number of nitrogens with zero attached hydrogens (tertiary/aromatic N) is 2. The van der Waals surface area contributed by atoms with Crippen LogP contribution in [0.1, 0.15) is 36.8 Å². The number of aromatic hydroxyl groups is 1. The summed E-state index contributed by atoms with van der Waals surface area (Å²) in [6.45, 7) is 4.25. The number of anilines is 1. The Morgan fingerprint density at radius 3 is 2.97 bits per heavy atom. The summed E-state index contributed by atoms with van der Waals surface area (Å²) < 4.78 is 13.6. The zero-order valence-electron chi connectivity index (χ0n) is 17.2. The van der Waals surface area contributed by atoms with Crippen molar-refractivity contribution in [2.45, 2.75) is 32.6 Å². The van der Waals surface area contributed by atoms with Gasteiger partial charge in [-0.15, -0.1) is 0 Å². The van der Waals surface area contributed by atoms with E-state index in [1.165, 1.54) is 49.1 Å². The van der Waals surface area contributed by atoms with Gasteiger partial charge in [0.25, 0.3) is 0 Å². The van der Waals surface area contributed by atoms with Gasteiger partial charge in [0, 0.05) is 35.9 Å². The van der Waals surface area contributed by atoms with Crippen molar-refractivity contribution in [3.8, 4) is 5.88 Å². The number of aryl methyl sites for hydroxylation is 1. The van der Waals surface area contributed by atoms with Crippen molar-refractivity contribution in [2.75, 3.05) is 18.0 Å². The number of benzene rings is 2. The highest BCUT2D eigenvalue weighted by Crippen LogP contribution is 2.35. The van der Waals surface area contributed by atoms with E-state index in [9.17, 15) is 9.50 Å². The number of aromatic nitrogens is 1. The second kappa shape index (κ2) is 7.63. The lowest BCUT2D eigenvalue weighted by atomic mass is 9.82. The molecule has 0 saturated carbocycles. The molecule has 1 aliphatic heterocycles. The van der Waals surface area contributed by atoms with E-state index in [0.29, 0.717) is 16.5 Å². The minimum absolute atomic E-state index is 0.00341. The number of aromatic amines is 1. The van der Waals surface area contributed by atoms with Crippen molar-refractivity contribution in [1.29, 1.82) is 0 Å². The highest BCUT2D eigenvalue weighted by atomic mass is 19.1. The number of allylic oxidation sites excluding steroid dienone is 1. The molecule has 1 aliphatic carbocycles. The van der Waals surface area contributed by atoms with Crippen LogP contribution in [0.25, 0.3) is 10.9 Å². The maximum absolute atomic E-state index is 13.6. The topological polar surface area (TPSA) is 51.6 Å². The second-order valence-corrected chi connectivity index (χ2v) is 8.42. The lowest BCUT2D eigenvalue weighted by Crippen LogP contribution is -2.36. The van der Waals surface area contributed by atoms with Crippen LogP contribution in [0.3, 0.4) is 0 Å². The molecule has 0 spiro atoms. The number of fused-ring (bicyclic) bond motifs is 2. The number of piperidine rings is 1. The summed E-state index contributed by atoms with van der Waals surface area (Å²) in [6.07, 6.45) is 9.18. The molecule has 2 heterocycles. The number of nitrogens with one attached hydrogen (secondary N) is 1. The monoisotopic (exact) mass is 403 g/mol. The Morgan fingerprint density at radius 2 is 2.10 bits per heavy atom. The van der Waals surface area contributed by atoms with E-state index in [-0.39, 0.29) is 11.7 Å². The molecule has 1 fully saturated rings. The van der Waals surface area contributed by atoms with Gasteiger partial charge >= 0.3 is 0 Å². The third-order valence-corrected chi connectivity index (χ3v) is 6.45. The van der Waals surface area contributed by atoms with Gasteiger partial charge in [-0.3, -0.25) is 4.99 Å². The van der Waals surface area contributed by atoms with Crippen molar-refractivity contribution in [1.82, 2.24) is 4.98 Å². The molecule has 0 radical (unpaired) electrons. The molecule has 1 atom stereocenters. The number of halogens is 1. The predicted molar refractivity (Wildman–Crippen MR) is 121 cm³/mol. The molecular weight excluding hydrogens is 377 g/mol. The van der Waals surface area contributed by atoms with Crippen molar-refractivity contribution in [3.05, 3.63) is 65.0 Å². The maximum atomic E-state index is 13.6. The quantitative estimate of drug-likeness (QED) is 0.416. The van der Waals surface area contributed by atoms with Gasteiger partial charge in [-0.25, -0.2) is 4.39 Å². The predicted octanol–water partition coefficient (Wildman–Crippen LogP) is 6.01. The molecule has 0 amide bonds. The number of H-pyrrole nitrogens is 1. The van der Waals surface area contributed by atoms with Crippen LogP contribution < -0.4 is 4.90 Å². The Hall–Kier alpha value is -3.08. The molecular formula is C25H26FN3O. The summed E-state index contributed by atoms with van der Waals surface area (Å²) in [5.74, 6) is 0.442. The summed E-state index contributed by atoms with van der Waals surface area (Å²) in [5.41, 5.74) is 6.05. The SMILES string of the molecule is Cc1cc(N=Cc2c(O)[nH]c3ccc(F)cc23)ccc1N1CCC2CCCC=C2C1. The minimum Gasteiger partial charge on any atom is -0.494 e. The van der Waals surface area contributed by atoms with Crippen molar-refractivity contribution in [3.63, 3.8) is 0 Å². The molecule has 1 unspecified atom stereocenters. The molecule has 5 rings (SSSR count). The van der Waals surface area contributed by atoms with E-state index in [1.807, 2.05) is 6.07 Å². The average molecular weight is 404 g/mol. The number of aliphatic imine (C=N–C) groups is 1. The van der Waals surface area contributed by atoms with Crippen molar-refractivity contribution in [2.24, 2.45) is 10.9 Å². The summed E-state index contributed by atoms with van der Waals surface area (Å²) in [4.78, 5) is 9.88. The average Bonchev–Trinajstić information content (AvgIpc) is 3.06. The molecule has 1 saturated heterocycles. The fraction of sp³-hybridized carbons (Fsp3) is 0.320. The molecule has 2 aromatic carbocycles. The van der Waals surface area contributed by atoms with Crippen LogP contribution >= 0.6 is 0 Å². The fourth-order valence-electron chi connectivity index (χ4n) is 4.86. The molecule has 0 bridgehead atoms. The lowest BCUT2D eigenvalue weighted by Gasteiger charge is -2.38. The minimum atomic E-state index is -0.340. The largest absolute Gasteiger partial charge is 0.494 e. The van der Waals surface area contributed by atoms with E-state index in [4.69, 9.17) is 0 Å². The molecule has 2 aliphatic rings. The lowest BCUT2D eigenvalue weighted by molar-refractivity contribution is 0.438. The van der Waals surface area contributed by atoms with E-state index in [1.54, 1.807) is 17.9 Å². The summed E-state index contributed by atoms with van der Waals surface area (Å²) in [6, 6.07) is 10.6. The first-order valence-electron chi connectivity index (χ1n) is 10.7. The van der Waals surface area contributed by atoms with Crippen molar-refractivity contribution >= 4 is 28.5 Å². The van der Waals surface area contributed by atoms with Gasteiger partial charge in [-0.1, -0.05) is 11.6 Å². The summed E-state index contributed by atoms with van der Waals surface area (Å²) in [5, 5.41) is 10.8. The second-order valence-electron chi connectivity index (χ2n) is 8.42. The summed E-state index contributed by atoms with van der Waals surface area (Å²) >= 11 is 0. The molecule has 5 heteroatoms. The highest BCUT2D eigenvalue weighted by molar-refractivity contribution is 6.02. The van der Waals surface area contributed by atoms with Gasteiger partial charge in [-0.05, 0) is 80.5 Å². The number of hydrogen-bond donors (Lipinski definition) is 2. The molecule has 154 valence electrons. The van der Waals surface area contributed by atoms with Crippen LogP contribution in [-0.2, 0) is 0 Å².